The van der Waals surface area contributed by atoms with Gasteiger partial charge in [0.25, 0.3) is 5.56 Å². The lowest BCUT2D eigenvalue weighted by molar-refractivity contribution is -0.143. The molecule has 3 aromatic rings. The second-order valence-corrected chi connectivity index (χ2v) is 12.1. The van der Waals surface area contributed by atoms with Crippen LogP contribution in [0.2, 0.25) is 0 Å². The highest BCUT2D eigenvalue weighted by molar-refractivity contribution is 9.10. The van der Waals surface area contributed by atoms with Crippen LogP contribution < -0.4 is 24.5 Å². The molecule has 1 saturated heterocycles. The van der Waals surface area contributed by atoms with Crippen LogP contribution in [0.1, 0.15) is 56.3 Å². The summed E-state index contributed by atoms with van der Waals surface area (Å²) in [6.45, 7) is 9.66. The number of methoxy groups -OCH3 is 1. The standard InChI is InChI=1S/C30H32BrN3O4S/c1-17(2)38-29(36)26-19(4)32-30-34(27(26)22-16-21(31)9-11-24(22)37-5)28(35)25(39-30)15-20-8-10-23(18(3)14-20)33-12-6-7-13-33/h8-11,14-17,27H,6-7,12-13H2,1-5H3/b25-15-/t27-/m1/s1. The van der Waals surface area contributed by atoms with Crippen molar-refractivity contribution in [1.82, 2.24) is 4.57 Å². The smallest absolute Gasteiger partial charge is 0.338 e. The van der Waals surface area contributed by atoms with Crippen molar-refractivity contribution >= 4 is 45.0 Å². The van der Waals surface area contributed by atoms with E-state index >= 15 is 0 Å². The summed E-state index contributed by atoms with van der Waals surface area (Å²) in [4.78, 5) is 35.0. The van der Waals surface area contributed by atoms with E-state index in [9.17, 15) is 9.59 Å². The van der Waals surface area contributed by atoms with Crippen molar-refractivity contribution in [3.8, 4) is 5.75 Å². The lowest BCUT2D eigenvalue weighted by atomic mass is 9.95. The molecule has 1 aromatic heterocycles. The topological polar surface area (TPSA) is 73.1 Å². The summed E-state index contributed by atoms with van der Waals surface area (Å²) in [5.41, 5.74) is 4.69. The van der Waals surface area contributed by atoms with Crippen LogP contribution in [0.25, 0.3) is 6.08 Å². The van der Waals surface area contributed by atoms with Crippen LogP contribution in [0.3, 0.4) is 0 Å². The maximum Gasteiger partial charge on any atom is 0.338 e. The molecule has 2 aliphatic heterocycles. The predicted molar refractivity (Wildman–Crippen MR) is 158 cm³/mol. The Bertz CT molecular complexity index is 1650. The van der Waals surface area contributed by atoms with E-state index in [4.69, 9.17) is 14.5 Å². The average molecular weight is 611 g/mol. The number of carbonyl (C=O) groups is 1. The summed E-state index contributed by atoms with van der Waals surface area (Å²) in [5, 5.41) is 0. The molecule has 204 valence electrons. The van der Waals surface area contributed by atoms with Crippen LogP contribution in [-0.4, -0.2) is 36.8 Å². The second-order valence-electron chi connectivity index (χ2n) is 10.2. The molecule has 0 spiro atoms. The van der Waals surface area contributed by atoms with E-state index < -0.39 is 12.0 Å². The Morgan fingerprint density at radius 1 is 1.15 bits per heavy atom. The Morgan fingerprint density at radius 2 is 1.90 bits per heavy atom. The SMILES string of the molecule is COc1ccc(Br)cc1[C@@H]1C(C(=O)OC(C)C)=C(C)N=c2s/c(=C\c3ccc(N4CCCC4)c(C)c3)c(=O)n21. The molecule has 0 unspecified atom stereocenters. The molecule has 9 heteroatoms. The highest BCUT2D eigenvalue weighted by Crippen LogP contribution is 2.37. The molecule has 7 nitrogen and oxygen atoms in total. The fourth-order valence-electron chi connectivity index (χ4n) is 5.31. The number of allylic oxidation sites excluding steroid dienone is 1. The van der Waals surface area contributed by atoms with Gasteiger partial charge >= 0.3 is 5.97 Å². The van der Waals surface area contributed by atoms with E-state index in [2.05, 4.69) is 46.0 Å². The summed E-state index contributed by atoms with van der Waals surface area (Å²) in [6.07, 6.45) is 4.03. The Balaban J connectivity index is 1.67. The quantitative estimate of drug-likeness (QED) is 0.373. The normalized spacial score (nSPS) is 17.5. The van der Waals surface area contributed by atoms with Gasteiger partial charge in [-0.15, -0.1) is 0 Å². The Kier molecular flexibility index (Phi) is 7.82. The van der Waals surface area contributed by atoms with Crippen LogP contribution >= 0.6 is 27.3 Å². The third kappa shape index (κ3) is 5.34. The maximum atomic E-state index is 14.0. The second kappa shape index (κ2) is 11.1. The van der Waals surface area contributed by atoms with Crippen molar-refractivity contribution in [1.29, 1.82) is 0 Å². The average Bonchev–Trinajstić information content (AvgIpc) is 3.51. The molecule has 3 heterocycles. The van der Waals surface area contributed by atoms with Crippen molar-refractivity contribution in [3.05, 3.63) is 88.5 Å². The molecule has 0 radical (unpaired) electrons. The summed E-state index contributed by atoms with van der Waals surface area (Å²) >= 11 is 4.86. The first-order chi connectivity index (χ1) is 18.7. The van der Waals surface area contributed by atoms with E-state index in [0.717, 1.165) is 23.1 Å². The maximum absolute atomic E-state index is 14.0. The van der Waals surface area contributed by atoms with E-state index in [1.165, 1.54) is 35.4 Å². The van der Waals surface area contributed by atoms with E-state index in [1.807, 2.05) is 24.3 Å². The largest absolute Gasteiger partial charge is 0.496 e. The van der Waals surface area contributed by atoms with Crippen molar-refractivity contribution < 1.29 is 14.3 Å². The van der Waals surface area contributed by atoms with Crippen LogP contribution in [0, 0.1) is 6.92 Å². The van der Waals surface area contributed by atoms with Crippen LogP contribution in [0.4, 0.5) is 5.69 Å². The minimum atomic E-state index is -0.749. The molecule has 0 bridgehead atoms. The van der Waals surface area contributed by atoms with E-state index in [0.29, 0.717) is 31.9 Å². The fourth-order valence-corrected chi connectivity index (χ4v) is 6.73. The number of halogens is 1. The van der Waals surface area contributed by atoms with Crippen molar-refractivity contribution in [2.75, 3.05) is 25.1 Å². The number of fused-ring (bicyclic) bond motifs is 1. The summed E-state index contributed by atoms with van der Waals surface area (Å²) in [5.74, 6) is 0.0659. The molecular weight excluding hydrogens is 578 g/mol. The van der Waals surface area contributed by atoms with Gasteiger partial charge in [0.15, 0.2) is 4.80 Å². The number of aromatic nitrogens is 1. The number of aryl methyl sites for hydroxylation is 1. The first-order valence-corrected chi connectivity index (χ1v) is 14.7. The zero-order valence-corrected chi connectivity index (χ0v) is 25.2. The van der Waals surface area contributed by atoms with Crippen molar-refractivity contribution in [2.45, 2.75) is 52.7 Å². The molecule has 2 aliphatic rings. The molecule has 1 fully saturated rings. The van der Waals surface area contributed by atoms with Crippen molar-refractivity contribution in [3.63, 3.8) is 0 Å². The number of esters is 1. The number of carbonyl (C=O) groups excluding carboxylic acids is 1. The number of anilines is 1. The zero-order chi connectivity index (χ0) is 27.8. The van der Waals surface area contributed by atoms with Crippen LogP contribution in [0.15, 0.2) is 61.9 Å². The summed E-state index contributed by atoms with van der Waals surface area (Å²) in [7, 11) is 1.58. The van der Waals surface area contributed by atoms with Gasteiger partial charge in [-0.3, -0.25) is 9.36 Å². The number of ether oxygens (including phenoxy) is 2. The number of benzene rings is 2. The molecule has 0 aliphatic carbocycles. The van der Waals surface area contributed by atoms with Gasteiger partial charge in [0.05, 0.1) is 29.0 Å². The van der Waals surface area contributed by atoms with Crippen LogP contribution in [-0.2, 0) is 9.53 Å². The van der Waals surface area contributed by atoms with Gasteiger partial charge in [-0.25, -0.2) is 9.79 Å². The molecule has 0 amide bonds. The first-order valence-electron chi connectivity index (χ1n) is 13.1. The van der Waals surface area contributed by atoms with Crippen LogP contribution in [0.5, 0.6) is 5.75 Å². The number of hydrogen-bond donors (Lipinski definition) is 0. The predicted octanol–water partition coefficient (Wildman–Crippen LogP) is 4.87. The lowest BCUT2D eigenvalue weighted by Crippen LogP contribution is -2.40. The molecular formula is C30H32BrN3O4S. The van der Waals surface area contributed by atoms with Gasteiger partial charge in [0.1, 0.15) is 11.8 Å². The molecule has 0 N–H and O–H groups in total. The minimum Gasteiger partial charge on any atom is -0.496 e. The molecule has 1 atom stereocenters. The Hall–Kier alpha value is -3.17. The van der Waals surface area contributed by atoms with Gasteiger partial charge in [0, 0.05) is 28.8 Å². The minimum absolute atomic E-state index is 0.214. The number of rotatable bonds is 6. The van der Waals surface area contributed by atoms with Gasteiger partial charge in [-0.05, 0) is 88.1 Å². The monoisotopic (exact) mass is 609 g/mol. The number of nitrogens with zero attached hydrogens (tertiary/aromatic N) is 3. The van der Waals surface area contributed by atoms with Gasteiger partial charge in [-0.2, -0.15) is 0 Å². The first kappa shape index (κ1) is 27.4. The van der Waals surface area contributed by atoms with E-state index in [1.54, 1.807) is 32.4 Å². The number of thiazole rings is 1. The fraction of sp³-hybridized carbons (Fsp3) is 0.367. The van der Waals surface area contributed by atoms with Gasteiger partial charge < -0.3 is 14.4 Å². The third-order valence-corrected chi connectivity index (χ3v) is 8.51. The van der Waals surface area contributed by atoms with Gasteiger partial charge in [-0.1, -0.05) is 33.3 Å². The zero-order valence-electron chi connectivity index (χ0n) is 22.8. The summed E-state index contributed by atoms with van der Waals surface area (Å²) < 4.78 is 14.2. The Labute approximate surface area is 240 Å². The summed E-state index contributed by atoms with van der Waals surface area (Å²) in [6, 6.07) is 11.1. The van der Waals surface area contributed by atoms with E-state index in [-0.39, 0.29) is 11.7 Å². The lowest BCUT2D eigenvalue weighted by Gasteiger charge is -2.26. The van der Waals surface area contributed by atoms with Crippen molar-refractivity contribution in [2.24, 2.45) is 4.99 Å². The molecule has 2 aromatic carbocycles. The molecule has 0 saturated carbocycles. The molecule has 39 heavy (non-hydrogen) atoms. The number of hydrogen-bond acceptors (Lipinski definition) is 7. The highest BCUT2D eigenvalue weighted by Gasteiger charge is 2.35. The highest BCUT2D eigenvalue weighted by atomic mass is 79.9. The third-order valence-electron chi connectivity index (χ3n) is 7.04. The Morgan fingerprint density at radius 3 is 2.56 bits per heavy atom. The van der Waals surface area contributed by atoms with Gasteiger partial charge in [0.2, 0.25) is 0 Å². The molecule has 5 rings (SSSR count).